The van der Waals surface area contributed by atoms with E-state index in [1.165, 1.54) is 193 Å². The Balaban J connectivity index is 2.20. The van der Waals surface area contributed by atoms with E-state index in [1.807, 2.05) is 0 Å². The van der Waals surface area contributed by atoms with Crippen LogP contribution in [0.15, 0.2) is 0 Å². The van der Waals surface area contributed by atoms with Gasteiger partial charge < -0.3 is 40.3 Å². The Morgan fingerprint density at radius 1 is 0.508 bits per heavy atom. The number of amides is 1. The van der Waals surface area contributed by atoms with Crippen LogP contribution in [0.3, 0.4) is 0 Å². The lowest BCUT2D eigenvalue weighted by atomic mass is 9.99. The molecule has 7 unspecified atom stereocenters. The molecule has 9 heteroatoms. The summed E-state index contributed by atoms with van der Waals surface area (Å²) in [6.45, 7) is 3.86. The van der Waals surface area contributed by atoms with Crippen molar-refractivity contribution in [2.24, 2.45) is 0 Å². The highest BCUT2D eigenvalue weighted by Gasteiger charge is 2.44. The topological polar surface area (TPSA) is 149 Å². The predicted molar refractivity (Wildman–Crippen MR) is 244 cm³/mol. The number of aliphatic hydroxyl groups is 5. The van der Waals surface area contributed by atoms with Gasteiger partial charge >= 0.3 is 0 Å². The summed E-state index contributed by atoms with van der Waals surface area (Å²) in [4.78, 5) is 13.0. The maximum atomic E-state index is 13.0. The fourth-order valence-electron chi connectivity index (χ4n) is 8.58. The van der Waals surface area contributed by atoms with Crippen molar-refractivity contribution in [2.75, 3.05) is 13.2 Å². The summed E-state index contributed by atoms with van der Waals surface area (Å²) in [5, 5.41) is 54.4. The van der Waals surface area contributed by atoms with E-state index in [0.29, 0.717) is 12.8 Å². The minimum absolute atomic E-state index is 0.132. The molecule has 7 atom stereocenters. The molecular formula is C50H99NO8. The van der Waals surface area contributed by atoms with Gasteiger partial charge in [-0.3, -0.25) is 4.79 Å². The molecule has 1 aliphatic rings. The summed E-state index contributed by atoms with van der Waals surface area (Å²) in [5.41, 5.74) is 0. The third-order valence-corrected chi connectivity index (χ3v) is 12.7. The molecule has 0 aromatic rings. The van der Waals surface area contributed by atoms with E-state index >= 15 is 0 Å². The van der Waals surface area contributed by atoms with Crippen molar-refractivity contribution in [2.45, 2.75) is 301 Å². The molecule has 0 aliphatic carbocycles. The van der Waals surface area contributed by atoms with Crippen LogP contribution in [0.1, 0.15) is 258 Å². The molecule has 59 heavy (non-hydrogen) atoms. The van der Waals surface area contributed by atoms with Crippen LogP contribution >= 0.6 is 0 Å². The van der Waals surface area contributed by atoms with E-state index < -0.39 is 49.5 Å². The van der Waals surface area contributed by atoms with Gasteiger partial charge in [0.15, 0.2) is 6.29 Å². The molecule has 0 radical (unpaired) electrons. The molecule has 6 N–H and O–H groups in total. The van der Waals surface area contributed by atoms with E-state index in [-0.39, 0.29) is 12.5 Å². The molecule has 9 nitrogen and oxygen atoms in total. The van der Waals surface area contributed by atoms with Crippen molar-refractivity contribution in [1.29, 1.82) is 0 Å². The summed E-state index contributed by atoms with van der Waals surface area (Å²) < 4.78 is 11.3. The van der Waals surface area contributed by atoms with E-state index in [4.69, 9.17) is 9.47 Å². The minimum atomic E-state index is -1.55. The van der Waals surface area contributed by atoms with E-state index in [0.717, 1.165) is 38.5 Å². The Bertz CT molecular complexity index is 893. The third-order valence-electron chi connectivity index (χ3n) is 12.7. The summed E-state index contributed by atoms with van der Waals surface area (Å²) in [5.74, 6) is -0.141. The number of hydrogen-bond donors (Lipinski definition) is 6. The zero-order chi connectivity index (χ0) is 43.0. The number of carbonyl (C=O) groups excluding carboxylic acids is 1. The Morgan fingerprint density at radius 3 is 1.20 bits per heavy atom. The third kappa shape index (κ3) is 31.6. The molecule has 0 aromatic heterocycles. The first-order chi connectivity index (χ1) is 28.8. The first-order valence-electron chi connectivity index (χ1n) is 25.7. The second kappa shape index (κ2) is 41.2. The molecule has 1 fully saturated rings. The second-order valence-electron chi connectivity index (χ2n) is 18.3. The lowest BCUT2D eigenvalue weighted by Gasteiger charge is -2.40. The molecule has 0 bridgehead atoms. The van der Waals surface area contributed by atoms with Gasteiger partial charge in [0.05, 0.1) is 25.4 Å². The van der Waals surface area contributed by atoms with Gasteiger partial charge in [-0.05, 0) is 12.8 Å². The SMILES string of the molecule is CCCCCCCCCCCCCCCCCCCCCCCCCCC(O)C(COC1OC(CO)C(O)C(O)C1O)NC(=O)CCCCCCCCCCCCCC. The number of hydrogen-bond acceptors (Lipinski definition) is 8. The summed E-state index contributed by atoms with van der Waals surface area (Å²) in [6, 6.07) is -0.711. The standard InChI is InChI=1S/C50H99NO8/c1-3-5-7-9-11-13-15-17-18-19-20-21-22-23-24-25-26-27-28-29-31-33-35-37-39-44(53)43(42-58-50-49(57)48(56)47(55)45(41-52)59-50)51-46(54)40-38-36-34-32-30-16-14-12-10-8-6-4-2/h43-45,47-50,52-53,55-57H,3-42H2,1-2H3,(H,51,54). The molecule has 352 valence electrons. The van der Waals surface area contributed by atoms with Gasteiger partial charge in [-0.25, -0.2) is 0 Å². The molecule has 1 amide bonds. The molecule has 1 aliphatic heterocycles. The number of aliphatic hydroxyl groups excluding tert-OH is 5. The van der Waals surface area contributed by atoms with E-state index in [1.54, 1.807) is 0 Å². The number of nitrogens with one attached hydrogen (secondary N) is 1. The van der Waals surface area contributed by atoms with Crippen LogP contribution in [0.4, 0.5) is 0 Å². The zero-order valence-corrected chi connectivity index (χ0v) is 38.8. The largest absolute Gasteiger partial charge is 0.394 e. The normalized spacial score (nSPS) is 20.6. The highest BCUT2D eigenvalue weighted by Crippen LogP contribution is 2.23. The highest BCUT2D eigenvalue weighted by atomic mass is 16.7. The summed E-state index contributed by atoms with van der Waals surface area (Å²) >= 11 is 0. The van der Waals surface area contributed by atoms with Gasteiger partial charge in [0.25, 0.3) is 0 Å². The van der Waals surface area contributed by atoms with Crippen molar-refractivity contribution >= 4 is 5.91 Å². The molecule has 0 saturated carbocycles. The van der Waals surface area contributed by atoms with Crippen molar-refractivity contribution in [1.82, 2.24) is 5.32 Å². The minimum Gasteiger partial charge on any atom is -0.394 e. The Labute approximate surface area is 364 Å². The highest BCUT2D eigenvalue weighted by molar-refractivity contribution is 5.76. The molecule has 1 rings (SSSR count). The molecular weight excluding hydrogens is 743 g/mol. The van der Waals surface area contributed by atoms with Crippen LogP contribution in [0.2, 0.25) is 0 Å². The average Bonchev–Trinajstić information content (AvgIpc) is 3.23. The fraction of sp³-hybridized carbons (Fsp3) is 0.980. The summed E-state index contributed by atoms with van der Waals surface area (Å²) in [7, 11) is 0. The molecule has 1 heterocycles. The Hall–Kier alpha value is -0.810. The van der Waals surface area contributed by atoms with Gasteiger partial charge in [-0.15, -0.1) is 0 Å². The van der Waals surface area contributed by atoms with E-state index in [2.05, 4.69) is 19.2 Å². The lowest BCUT2D eigenvalue weighted by Crippen LogP contribution is -2.60. The van der Waals surface area contributed by atoms with Gasteiger partial charge in [-0.1, -0.05) is 239 Å². The van der Waals surface area contributed by atoms with Crippen LogP contribution in [-0.2, 0) is 14.3 Å². The molecule has 1 saturated heterocycles. The fourth-order valence-corrected chi connectivity index (χ4v) is 8.58. The molecule has 0 spiro atoms. The zero-order valence-electron chi connectivity index (χ0n) is 38.8. The predicted octanol–water partition coefficient (Wildman–Crippen LogP) is 11.5. The number of carbonyl (C=O) groups is 1. The monoisotopic (exact) mass is 842 g/mol. The number of ether oxygens (including phenoxy) is 2. The quantitative estimate of drug-likeness (QED) is 0.0332. The van der Waals surface area contributed by atoms with Crippen molar-refractivity contribution in [3.63, 3.8) is 0 Å². The average molecular weight is 842 g/mol. The number of rotatable bonds is 44. The maximum Gasteiger partial charge on any atom is 0.220 e. The first-order valence-corrected chi connectivity index (χ1v) is 25.7. The van der Waals surface area contributed by atoms with Crippen molar-refractivity contribution < 1.29 is 39.8 Å². The van der Waals surface area contributed by atoms with Crippen molar-refractivity contribution in [3.05, 3.63) is 0 Å². The second-order valence-corrected chi connectivity index (χ2v) is 18.3. The van der Waals surface area contributed by atoms with Crippen LogP contribution < -0.4 is 5.32 Å². The van der Waals surface area contributed by atoms with Gasteiger partial charge in [-0.2, -0.15) is 0 Å². The number of unbranched alkanes of at least 4 members (excludes halogenated alkanes) is 34. The smallest absolute Gasteiger partial charge is 0.220 e. The summed E-state index contributed by atoms with van der Waals surface area (Å²) in [6.07, 6.45) is 39.8. The van der Waals surface area contributed by atoms with E-state index in [9.17, 15) is 30.3 Å². The first kappa shape index (κ1) is 56.2. The van der Waals surface area contributed by atoms with Crippen molar-refractivity contribution in [3.8, 4) is 0 Å². The van der Waals surface area contributed by atoms with Gasteiger partial charge in [0, 0.05) is 6.42 Å². The Kier molecular flexibility index (Phi) is 39.3. The van der Waals surface area contributed by atoms with Crippen LogP contribution in [-0.4, -0.2) is 87.5 Å². The van der Waals surface area contributed by atoms with Crippen LogP contribution in [0.5, 0.6) is 0 Å². The van der Waals surface area contributed by atoms with Crippen LogP contribution in [0.25, 0.3) is 0 Å². The van der Waals surface area contributed by atoms with Crippen LogP contribution in [0, 0.1) is 0 Å². The maximum absolute atomic E-state index is 13.0. The van der Waals surface area contributed by atoms with Gasteiger partial charge in [0.2, 0.25) is 5.91 Å². The molecule has 0 aromatic carbocycles. The van der Waals surface area contributed by atoms with Gasteiger partial charge in [0.1, 0.15) is 24.4 Å². The lowest BCUT2D eigenvalue weighted by molar-refractivity contribution is -0.302. The Morgan fingerprint density at radius 2 is 0.847 bits per heavy atom.